The van der Waals surface area contributed by atoms with Crippen LogP contribution in [-0.2, 0) is 5.54 Å². The van der Waals surface area contributed by atoms with Crippen molar-refractivity contribution in [2.75, 3.05) is 0 Å². The van der Waals surface area contributed by atoms with Crippen LogP contribution in [0.4, 0.5) is 0 Å². The summed E-state index contributed by atoms with van der Waals surface area (Å²) in [6, 6.07) is 8.19. The highest BCUT2D eigenvalue weighted by molar-refractivity contribution is 9.10. The first-order valence-corrected chi connectivity index (χ1v) is 7.07. The average molecular weight is 306 g/mol. The van der Waals surface area contributed by atoms with Crippen LogP contribution in [0.3, 0.4) is 0 Å². The van der Waals surface area contributed by atoms with Gasteiger partial charge in [0.2, 0.25) is 0 Å². The van der Waals surface area contributed by atoms with Gasteiger partial charge in [-0.1, -0.05) is 40.9 Å². The normalized spacial score (nSPS) is 18.1. The summed E-state index contributed by atoms with van der Waals surface area (Å²) in [4.78, 5) is 7.86. The Morgan fingerprint density at radius 3 is 2.78 bits per heavy atom. The minimum absolute atomic E-state index is 0.246. The first kappa shape index (κ1) is 11.9. The van der Waals surface area contributed by atoms with E-state index in [-0.39, 0.29) is 5.54 Å². The van der Waals surface area contributed by atoms with Gasteiger partial charge < -0.3 is 10.7 Å². The number of hydrogen-bond acceptors (Lipinski definition) is 2. The number of nitrogens with two attached hydrogens (primary N) is 1. The lowest BCUT2D eigenvalue weighted by Gasteiger charge is -2.20. The smallest absolute Gasteiger partial charge is 0.126 e. The Morgan fingerprint density at radius 2 is 2.06 bits per heavy atom. The number of rotatable bonds is 2. The summed E-state index contributed by atoms with van der Waals surface area (Å²) >= 11 is 3.48. The molecule has 18 heavy (non-hydrogen) atoms. The van der Waals surface area contributed by atoms with E-state index < -0.39 is 0 Å². The van der Waals surface area contributed by atoms with Crippen LogP contribution < -0.4 is 5.73 Å². The van der Waals surface area contributed by atoms with Gasteiger partial charge in [0.25, 0.3) is 0 Å². The van der Waals surface area contributed by atoms with E-state index in [0.29, 0.717) is 0 Å². The average Bonchev–Trinajstić information content (AvgIpc) is 2.98. The molecule has 1 fully saturated rings. The van der Waals surface area contributed by atoms with E-state index >= 15 is 0 Å². The molecule has 94 valence electrons. The second kappa shape index (κ2) is 4.52. The topological polar surface area (TPSA) is 54.7 Å². The summed E-state index contributed by atoms with van der Waals surface area (Å²) in [6.45, 7) is 0. The fraction of sp³-hybridized carbons (Fsp3) is 0.357. The molecule has 0 spiro atoms. The third kappa shape index (κ3) is 2.10. The molecule has 3 N–H and O–H groups in total. The summed E-state index contributed by atoms with van der Waals surface area (Å²) in [5, 5.41) is 0. The van der Waals surface area contributed by atoms with Crippen LogP contribution in [0.15, 0.2) is 34.9 Å². The Morgan fingerprint density at radius 1 is 1.28 bits per heavy atom. The SMILES string of the molecule is NC1(c2ncc(-c3cccc(Br)c3)[nH]2)CCCC1. The molecule has 1 aromatic carbocycles. The van der Waals surface area contributed by atoms with Gasteiger partial charge in [-0.15, -0.1) is 0 Å². The summed E-state index contributed by atoms with van der Waals surface area (Å²) in [7, 11) is 0. The fourth-order valence-corrected chi connectivity index (χ4v) is 3.02. The zero-order chi connectivity index (χ0) is 12.6. The van der Waals surface area contributed by atoms with Gasteiger partial charge >= 0.3 is 0 Å². The van der Waals surface area contributed by atoms with E-state index in [1.165, 1.54) is 12.8 Å². The highest BCUT2D eigenvalue weighted by atomic mass is 79.9. The van der Waals surface area contributed by atoms with Crippen molar-refractivity contribution >= 4 is 15.9 Å². The van der Waals surface area contributed by atoms with Gasteiger partial charge in [-0.05, 0) is 25.0 Å². The zero-order valence-corrected chi connectivity index (χ0v) is 11.7. The minimum Gasteiger partial charge on any atom is -0.340 e. The molecule has 0 amide bonds. The first-order valence-electron chi connectivity index (χ1n) is 6.28. The molecule has 1 heterocycles. The Hall–Kier alpha value is -1.13. The number of hydrogen-bond donors (Lipinski definition) is 2. The highest BCUT2D eigenvalue weighted by Gasteiger charge is 2.33. The van der Waals surface area contributed by atoms with Crippen LogP contribution in [0.2, 0.25) is 0 Å². The second-order valence-electron chi connectivity index (χ2n) is 5.02. The Bertz CT molecular complexity index is 556. The summed E-state index contributed by atoms with van der Waals surface area (Å²) in [5.41, 5.74) is 8.31. The van der Waals surface area contributed by atoms with Crippen molar-refractivity contribution in [1.29, 1.82) is 0 Å². The lowest BCUT2D eigenvalue weighted by atomic mass is 9.99. The van der Waals surface area contributed by atoms with Crippen molar-refractivity contribution in [3.05, 3.63) is 40.8 Å². The van der Waals surface area contributed by atoms with Crippen molar-refractivity contribution in [3.63, 3.8) is 0 Å². The number of aromatic nitrogens is 2. The maximum Gasteiger partial charge on any atom is 0.126 e. The summed E-state index contributed by atoms with van der Waals surface area (Å²) in [6.07, 6.45) is 6.33. The monoisotopic (exact) mass is 305 g/mol. The zero-order valence-electron chi connectivity index (χ0n) is 10.1. The number of imidazole rings is 1. The lowest BCUT2D eigenvalue weighted by Crippen LogP contribution is -2.34. The second-order valence-corrected chi connectivity index (χ2v) is 5.93. The molecule has 0 unspecified atom stereocenters. The summed E-state index contributed by atoms with van der Waals surface area (Å²) in [5.74, 6) is 0.926. The van der Waals surface area contributed by atoms with Crippen LogP contribution in [0.1, 0.15) is 31.5 Å². The Labute approximate surface area is 115 Å². The molecule has 1 aliphatic rings. The van der Waals surface area contributed by atoms with Gasteiger partial charge in [0, 0.05) is 10.0 Å². The predicted molar refractivity (Wildman–Crippen MR) is 76.1 cm³/mol. The van der Waals surface area contributed by atoms with Crippen molar-refractivity contribution in [2.24, 2.45) is 5.73 Å². The predicted octanol–water partition coefficient (Wildman–Crippen LogP) is 3.57. The van der Waals surface area contributed by atoms with E-state index in [2.05, 4.69) is 38.0 Å². The lowest BCUT2D eigenvalue weighted by molar-refractivity contribution is 0.436. The molecule has 3 nitrogen and oxygen atoms in total. The Kier molecular flexibility index (Phi) is 2.99. The highest BCUT2D eigenvalue weighted by Crippen LogP contribution is 2.35. The molecule has 1 saturated carbocycles. The number of H-pyrrole nitrogens is 1. The largest absolute Gasteiger partial charge is 0.340 e. The molecule has 1 aliphatic carbocycles. The van der Waals surface area contributed by atoms with Gasteiger partial charge in [-0.3, -0.25) is 0 Å². The van der Waals surface area contributed by atoms with Crippen molar-refractivity contribution in [2.45, 2.75) is 31.2 Å². The maximum absolute atomic E-state index is 6.40. The molecule has 4 heteroatoms. The molecule has 0 bridgehead atoms. The standard InChI is InChI=1S/C14H16BrN3/c15-11-5-3-4-10(8-11)12-9-17-13(18-12)14(16)6-1-2-7-14/h3-5,8-9H,1-2,6-7,16H2,(H,17,18). The molecule has 0 radical (unpaired) electrons. The molecule has 2 aromatic rings. The van der Waals surface area contributed by atoms with Crippen LogP contribution in [0.25, 0.3) is 11.3 Å². The molecular weight excluding hydrogens is 290 g/mol. The third-order valence-corrected chi connectivity index (χ3v) is 4.17. The molecule has 1 aromatic heterocycles. The van der Waals surface area contributed by atoms with Gasteiger partial charge in [0.05, 0.1) is 17.4 Å². The van der Waals surface area contributed by atoms with Crippen LogP contribution in [0.5, 0.6) is 0 Å². The van der Waals surface area contributed by atoms with E-state index in [1.54, 1.807) is 0 Å². The van der Waals surface area contributed by atoms with Crippen LogP contribution in [0, 0.1) is 0 Å². The number of nitrogens with zero attached hydrogens (tertiary/aromatic N) is 1. The fourth-order valence-electron chi connectivity index (χ4n) is 2.62. The molecule has 3 rings (SSSR count). The van der Waals surface area contributed by atoms with E-state index in [9.17, 15) is 0 Å². The number of halogens is 1. The number of nitrogens with one attached hydrogen (secondary N) is 1. The quantitative estimate of drug-likeness (QED) is 0.891. The number of aromatic amines is 1. The third-order valence-electron chi connectivity index (χ3n) is 3.68. The summed E-state index contributed by atoms with van der Waals surface area (Å²) < 4.78 is 1.07. The van der Waals surface area contributed by atoms with Crippen molar-refractivity contribution in [3.8, 4) is 11.3 Å². The van der Waals surface area contributed by atoms with E-state index in [0.717, 1.165) is 34.4 Å². The maximum atomic E-state index is 6.40. The molecule has 0 aliphatic heterocycles. The number of benzene rings is 1. The molecular formula is C14H16BrN3. The first-order chi connectivity index (χ1) is 8.67. The van der Waals surface area contributed by atoms with Gasteiger partial charge in [-0.2, -0.15) is 0 Å². The Balaban J connectivity index is 1.94. The van der Waals surface area contributed by atoms with Crippen molar-refractivity contribution in [1.82, 2.24) is 9.97 Å². The van der Waals surface area contributed by atoms with Crippen LogP contribution >= 0.6 is 15.9 Å². The van der Waals surface area contributed by atoms with Crippen molar-refractivity contribution < 1.29 is 0 Å². The van der Waals surface area contributed by atoms with Gasteiger partial charge in [0.15, 0.2) is 0 Å². The molecule has 0 saturated heterocycles. The van der Waals surface area contributed by atoms with Crippen LogP contribution in [-0.4, -0.2) is 9.97 Å². The minimum atomic E-state index is -0.246. The van der Waals surface area contributed by atoms with E-state index in [1.807, 2.05) is 18.3 Å². The van der Waals surface area contributed by atoms with Gasteiger partial charge in [-0.25, -0.2) is 4.98 Å². The molecule has 0 atom stereocenters. The van der Waals surface area contributed by atoms with Gasteiger partial charge in [0.1, 0.15) is 5.82 Å². The van der Waals surface area contributed by atoms with E-state index in [4.69, 9.17) is 5.73 Å².